The molecular formula is C98H91ClN6O11S3. The summed E-state index contributed by atoms with van der Waals surface area (Å²) >= 11 is 10.7. The molecular weight excluding hydrogens is 1570 g/mol. The summed E-state index contributed by atoms with van der Waals surface area (Å²) in [6, 6.07) is 75.4. The quantitative estimate of drug-likeness (QED) is 0.0103. The van der Waals surface area contributed by atoms with Crippen LogP contribution >= 0.6 is 46.0 Å². The molecule has 5 aromatic heterocycles. The van der Waals surface area contributed by atoms with Gasteiger partial charge in [-0.25, -0.2) is 14.4 Å². The minimum atomic E-state index is -0.470. The Kier molecular flexibility index (Phi) is 28.5. The molecule has 0 N–H and O–H groups in total. The molecule has 0 aliphatic rings. The number of benzene rings is 10. The first-order chi connectivity index (χ1) is 57.8. The predicted octanol–water partition coefficient (Wildman–Crippen LogP) is 22.7. The molecule has 604 valence electrons. The van der Waals surface area contributed by atoms with E-state index in [9.17, 15) is 28.8 Å². The Labute approximate surface area is 708 Å². The Morgan fingerprint density at radius 1 is 0.395 bits per heavy atom. The van der Waals surface area contributed by atoms with E-state index in [1.54, 1.807) is 11.8 Å². The van der Waals surface area contributed by atoms with Gasteiger partial charge in [0.2, 0.25) is 11.6 Å². The smallest absolute Gasteiger partial charge is 0.331 e. The van der Waals surface area contributed by atoms with Crippen molar-refractivity contribution in [3.8, 4) is 0 Å². The number of fused-ring (bicyclic) bond motifs is 9. The van der Waals surface area contributed by atoms with Crippen molar-refractivity contribution >= 4 is 164 Å². The second-order valence-electron chi connectivity index (χ2n) is 28.6. The number of ether oxygens (including phenoxy) is 2. The average Bonchev–Trinajstić information content (AvgIpc) is 1.61. The maximum Gasteiger partial charge on any atom is 0.331 e. The molecule has 0 aliphatic carbocycles. The Hall–Kier alpha value is -12.0. The fourth-order valence-corrected chi connectivity index (χ4v) is 17.0. The largest absolute Gasteiger partial charge is 0.380 e. The summed E-state index contributed by atoms with van der Waals surface area (Å²) < 4.78 is 18.1. The van der Waals surface area contributed by atoms with Gasteiger partial charge in [-0.1, -0.05) is 130 Å². The van der Waals surface area contributed by atoms with Gasteiger partial charge in [0.05, 0.1) is 40.1 Å². The molecule has 0 radical (unpaired) electrons. The summed E-state index contributed by atoms with van der Waals surface area (Å²) in [5.74, 6) is -0.505. The topological polar surface area (TPSA) is 200 Å². The maximum absolute atomic E-state index is 13.6. The number of halogens is 1. The highest BCUT2D eigenvalue weighted by Gasteiger charge is 2.23. The number of hydrogen-bond acceptors (Lipinski definition) is 17. The summed E-state index contributed by atoms with van der Waals surface area (Å²) in [5, 5.41) is 23.3. The molecule has 0 saturated carbocycles. The minimum absolute atomic E-state index is 0.00771. The van der Waals surface area contributed by atoms with Crippen LogP contribution in [0.25, 0.3) is 65.4 Å². The summed E-state index contributed by atoms with van der Waals surface area (Å²) in [6.45, 7) is 20.8. The van der Waals surface area contributed by atoms with Crippen molar-refractivity contribution in [2.75, 3.05) is 32.2 Å². The van der Waals surface area contributed by atoms with Gasteiger partial charge in [-0.15, -0.1) is 34.4 Å². The Morgan fingerprint density at radius 3 is 1.13 bits per heavy atom. The van der Waals surface area contributed by atoms with Crippen LogP contribution in [0.5, 0.6) is 0 Å². The van der Waals surface area contributed by atoms with E-state index < -0.39 is 17.9 Å². The van der Waals surface area contributed by atoms with Crippen molar-refractivity contribution in [3.63, 3.8) is 0 Å². The summed E-state index contributed by atoms with van der Waals surface area (Å²) in [7, 11) is 0. The second kappa shape index (κ2) is 40.0. The lowest BCUT2D eigenvalue weighted by Gasteiger charge is -2.10. The third-order valence-corrected chi connectivity index (χ3v) is 23.7. The number of oxime groups is 3. The fraction of sp³-hybridized carbons (Fsp3) is 0.214. The first-order valence-electron chi connectivity index (χ1n) is 39.6. The molecule has 0 bridgehead atoms. The second-order valence-corrected chi connectivity index (χ2v) is 32.1. The normalized spacial score (nSPS) is 11.8. The van der Waals surface area contributed by atoms with Gasteiger partial charge in [0.1, 0.15) is 0 Å². The van der Waals surface area contributed by atoms with Gasteiger partial charge in [-0.3, -0.25) is 14.4 Å². The molecule has 15 aromatic rings. The van der Waals surface area contributed by atoms with Gasteiger partial charge in [-0.2, -0.15) is 0 Å². The zero-order valence-electron chi connectivity index (χ0n) is 67.9. The molecule has 0 atom stereocenters. The number of hydrogen-bond donors (Lipinski definition) is 0. The van der Waals surface area contributed by atoms with Crippen LogP contribution in [0.3, 0.4) is 0 Å². The van der Waals surface area contributed by atoms with Gasteiger partial charge in [0.15, 0.2) is 5.78 Å². The van der Waals surface area contributed by atoms with Crippen LogP contribution in [0.2, 0.25) is 5.02 Å². The highest BCUT2D eigenvalue weighted by molar-refractivity contribution is 7.99. The third-order valence-electron chi connectivity index (χ3n) is 20.6. The number of aryl methyl sites for hydroxylation is 4. The lowest BCUT2D eigenvalue weighted by Crippen LogP contribution is -2.09. The molecule has 0 unspecified atom stereocenters. The molecule has 21 heteroatoms. The molecule has 119 heavy (non-hydrogen) atoms. The Balaban J connectivity index is 0.000000155. The van der Waals surface area contributed by atoms with Crippen molar-refractivity contribution in [1.82, 2.24) is 13.7 Å². The van der Waals surface area contributed by atoms with Gasteiger partial charge in [0.25, 0.3) is 0 Å². The van der Waals surface area contributed by atoms with E-state index in [-0.39, 0.29) is 17.3 Å². The van der Waals surface area contributed by atoms with Crippen LogP contribution in [0.4, 0.5) is 0 Å². The van der Waals surface area contributed by atoms with Crippen molar-refractivity contribution in [3.05, 3.63) is 323 Å². The van der Waals surface area contributed by atoms with E-state index in [2.05, 4.69) is 111 Å². The van der Waals surface area contributed by atoms with Crippen LogP contribution in [-0.2, 0) is 70.8 Å². The molecule has 0 amide bonds. The van der Waals surface area contributed by atoms with Crippen LogP contribution in [0.1, 0.15) is 145 Å². The van der Waals surface area contributed by atoms with E-state index in [4.69, 9.17) is 35.6 Å². The average molecular weight is 1660 g/mol. The van der Waals surface area contributed by atoms with Crippen LogP contribution in [-0.4, -0.2) is 98.3 Å². The van der Waals surface area contributed by atoms with Crippen LogP contribution in [0.15, 0.2) is 262 Å². The van der Waals surface area contributed by atoms with Crippen molar-refractivity contribution in [2.45, 2.75) is 113 Å². The lowest BCUT2D eigenvalue weighted by molar-refractivity contribution is -0.141. The van der Waals surface area contributed by atoms with Gasteiger partial charge in [0, 0.05) is 181 Å². The van der Waals surface area contributed by atoms with E-state index in [1.807, 2.05) is 201 Å². The maximum atomic E-state index is 13.6. The number of carbonyl (C=O) groups is 6. The van der Waals surface area contributed by atoms with Crippen LogP contribution in [0, 0.1) is 20.8 Å². The summed E-state index contributed by atoms with van der Waals surface area (Å²) in [5.41, 5.74) is 19.0. The van der Waals surface area contributed by atoms with E-state index >= 15 is 0 Å². The number of aromatic nitrogens is 3. The molecule has 10 aromatic carbocycles. The number of nitrogens with zero attached hydrogens (tertiary/aromatic N) is 6. The van der Waals surface area contributed by atoms with E-state index in [0.717, 1.165) is 138 Å². The molecule has 15 rings (SSSR count). The summed E-state index contributed by atoms with van der Waals surface area (Å²) in [6.07, 6.45) is 2.49. The highest BCUT2D eigenvalue weighted by Crippen LogP contribution is 2.37. The molecule has 5 heterocycles. The number of carbonyl (C=O) groups excluding carboxylic acids is 6. The lowest BCUT2D eigenvalue weighted by atomic mass is 9.97. The minimum Gasteiger partial charge on any atom is -0.380 e. The molecule has 0 spiro atoms. The first kappa shape index (κ1) is 84.9. The number of thioether (sulfide) groups is 1. The third kappa shape index (κ3) is 20.4. The molecule has 17 nitrogen and oxygen atoms in total. The predicted molar refractivity (Wildman–Crippen MR) is 483 cm³/mol. The standard InChI is InChI=1S/C36H35ClN2O4S.C32H30N2O4S.C30H26N2O3S/c1-4-42-20-19-39-34-17-11-26(33(38-43-25(3)40)10-7-21-44-29-15-13-28(37)14-16-29)22-31(34)32-23-27(12-18-35(32)39)36(41)30-9-6-5-8-24(30)2;1-4-37-16-15-34-29-13-11-24(28(33-38-22(3)35)20-23-9-6-5-8-21(23)2)18-26(29)27-19-25(12-14-30(27)34)32(36)31-10-7-17-39-31;1-4-32-27-13-11-22(26(31-35-20(3)33)18-21-9-6-5-8-19(21)2)16-24(27)25-17-23(12-14-28(25)32)30(34)29-10-7-15-36-29/h5-6,8-9,11-18,22-23H,4,7,10,19-21H2,1-3H3;5-14,17-19H,4,15-16,20H2,1-3H3;5-17H,4,18H2,1-3H3/b38-33+;33-28+;31-26+. The van der Waals surface area contributed by atoms with Crippen molar-refractivity contribution in [1.29, 1.82) is 0 Å². The van der Waals surface area contributed by atoms with E-state index in [1.165, 1.54) is 43.4 Å². The Bertz CT molecular complexity index is 6350. The number of thiophene rings is 2. The molecule has 0 aliphatic heterocycles. The molecule has 0 saturated heterocycles. The van der Waals surface area contributed by atoms with Crippen LogP contribution < -0.4 is 0 Å². The van der Waals surface area contributed by atoms with Gasteiger partial charge < -0.3 is 37.7 Å². The van der Waals surface area contributed by atoms with Crippen molar-refractivity contribution < 1.29 is 52.8 Å². The fourth-order valence-electron chi connectivity index (χ4n) is 14.7. The number of ketones is 3. The molecule has 0 fully saturated rings. The zero-order valence-corrected chi connectivity index (χ0v) is 71.1. The monoisotopic (exact) mass is 1660 g/mol. The number of rotatable bonds is 30. The SMILES string of the molecule is CCOCCn1c2ccc(C(=O)c3ccccc3C)cc2c2cc(/C(CCCSc3ccc(Cl)cc3)=N/OC(C)=O)ccc21.CCOCCn1c2ccc(C(=O)c3cccs3)cc2c2cc(/C(Cc3ccccc3C)=N/OC(C)=O)ccc21.CCn1c2ccc(C(=O)c3cccs3)cc2c2cc(/C(Cc3ccccc3C)=N/OC(C)=O)ccc21. The Morgan fingerprint density at radius 2 is 0.756 bits per heavy atom. The van der Waals surface area contributed by atoms with E-state index in [0.29, 0.717) is 108 Å². The first-order valence-corrected chi connectivity index (χ1v) is 42.7. The van der Waals surface area contributed by atoms with Crippen molar-refractivity contribution in [2.24, 2.45) is 15.5 Å². The van der Waals surface area contributed by atoms with Gasteiger partial charge >= 0.3 is 17.9 Å². The highest BCUT2D eigenvalue weighted by atomic mass is 35.5. The summed E-state index contributed by atoms with van der Waals surface area (Å²) in [4.78, 5) is 92.6. The van der Waals surface area contributed by atoms with Gasteiger partial charge in [-0.05, 0) is 226 Å². The zero-order chi connectivity index (χ0) is 83.6.